The molecule has 3 rings (SSSR count). The molecular formula is C14H17N3O. The van der Waals surface area contributed by atoms with Crippen LogP contribution in [0.3, 0.4) is 0 Å². The van der Waals surface area contributed by atoms with Crippen molar-refractivity contribution in [1.29, 1.82) is 0 Å². The van der Waals surface area contributed by atoms with E-state index in [1.807, 2.05) is 24.3 Å². The summed E-state index contributed by atoms with van der Waals surface area (Å²) in [6.07, 6.45) is 5.31. The Labute approximate surface area is 106 Å². The number of aryl methyl sites for hydroxylation is 1. The lowest BCUT2D eigenvalue weighted by molar-refractivity contribution is 0.408. The molecule has 0 bridgehead atoms. The highest BCUT2D eigenvalue weighted by Gasteiger charge is 2.18. The second-order valence-corrected chi connectivity index (χ2v) is 4.64. The summed E-state index contributed by atoms with van der Waals surface area (Å²) in [7, 11) is 1.67. The summed E-state index contributed by atoms with van der Waals surface area (Å²) in [5, 5.41) is 0. The predicted octanol–water partition coefficient (Wildman–Crippen LogP) is 2.35. The molecule has 1 unspecified atom stereocenters. The minimum Gasteiger partial charge on any atom is -0.497 e. The van der Waals surface area contributed by atoms with Gasteiger partial charge in [-0.3, -0.25) is 0 Å². The minimum atomic E-state index is 0.0771. The van der Waals surface area contributed by atoms with E-state index in [9.17, 15) is 0 Å². The highest BCUT2D eigenvalue weighted by molar-refractivity contribution is 5.59. The van der Waals surface area contributed by atoms with Crippen LogP contribution < -0.4 is 10.5 Å². The predicted molar refractivity (Wildman–Crippen MR) is 70.4 cm³/mol. The van der Waals surface area contributed by atoms with Crippen LogP contribution in [0.5, 0.6) is 5.75 Å². The van der Waals surface area contributed by atoms with Crippen LogP contribution in [0, 0.1) is 0 Å². The van der Waals surface area contributed by atoms with Crippen molar-refractivity contribution in [3.05, 3.63) is 36.3 Å². The molecule has 94 valence electrons. The van der Waals surface area contributed by atoms with Crippen LogP contribution >= 0.6 is 0 Å². The van der Waals surface area contributed by atoms with E-state index in [1.54, 1.807) is 7.11 Å². The maximum atomic E-state index is 6.09. The average Bonchev–Trinajstić information content (AvgIpc) is 2.84. The first-order valence-electron chi connectivity index (χ1n) is 6.25. The highest BCUT2D eigenvalue weighted by atomic mass is 16.5. The van der Waals surface area contributed by atoms with Crippen LogP contribution in [-0.2, 0) is 6.42 Å². The summed E-state index contributed by atoms with van der Waals surface area (Å²) in [6, 6.07) is 7.96. The number of hydrogen-bond acceptors (Lipinski definition) is 3. The smallest absolute Gasteiger partial charge is 0.118 e. The summed E-state index contributed by atoms with van der Waals surface area (Å²) in [6.45, 7) is 0. The maximum Gasteiger partial charge on any atom is 0.118 e. The Morgan fingerprint density at radius 3 is 2.78 bits per heavy atom. The third-order valence-electron chi connectivity index (χ3n) is 3.45. The largest absolute Gasteiger partial charge is 0.497 e. The van der Waals surface area contributed by atoms with Crippen LogP contribution in [0.25, 0.3) is 11.3 Å². The van der Waals surface area contributed by atoms with Gasteiger partial charge in [-0.25, -0.2) is 4.98 Å². The first kappa shape index (κ1) is 11.3. The number of fused-ring (bicyclic) bond motifs is 1. The van der Waals surface area contributed by atoms with Gasteiger partial charge in [0, 0.05) is 18.2 Å². The molecular weight excluding hydrogens is 226 g/mol. The SMILES string of the molecule is COc1ccc(-c2cn3c(n2)CCCC3N)cc1. The van der Waals surface area contributed by atoms with Gasteiger partial charge in [-0.15, -0.1) is 0 Å². The fraction of sp³-hybridized carbons (Fsp3) is 0.357. The molecule has 0 amide bonds. The second-order valence-electron chi connectivity index (χ2n) is 4.64. The molecule has 0 saturated carbocycles. The van der Waals surface area contributed by atoms with E-state index in [0.29, 0.717) is 0 Å². The van der Waals surface area contributed by atoms with Gasteiger partial charge in [-0.05, 0) is 37.1 Å². The minimum absolute atomic E-state index is 0.0771. The lowest BCUT2D eigenvalue weighted by Gasteiger charge is -2.20. The Morgan fingerprint density at radius 2 is 2.11 bits per heavy atom. The van der Waals surface area contributed by atoms with E-state index in [2.05, 4.69) is 15.7 Å². The number of rotatable bonds is 2. The Morgan fingerprint density at radius 1 is 1.33 bits per heavy atom. The standard InChI is InChI=1S/C14H17N3O/c1-18-11-7-5-10(6-8-11)12-9-17-13(15)3-2-4-14(17)16-12/h5-9,13H,2-4,15H2,1H3. The maximum absolute atomic E-state index is 6.09. The summed E-state index contributed by atoms with van der Waals surface area (Å²) in [4.78, 5) is 4.67. The van der Waals surface area contributed by atoms with E-state index < -0.39 is 0 Å². The van der Waals surface area contributed by atoms with Gasteiger partial charge in [-0.1, -0.05) is 0 Å². The first-order valence-corrected chi connectivity index (χ1v) is 6.25. The second kappa shape index (κ2) is 4.46. The van der Waals surface area contributed by atoms with Crippen molar-refractivity contribution < 1.29 is 4.74 Å². The van der Waals surface area contributed by atoms with Gasteiger partial charge in [0.25, 0.3) is 0 Å². The molecule has 0 aliphatic carbocycles. The van der Waals surface area contributed by atoms with E-state index in [0.717, 1.165) is 42.1 Å². The van der Waals surface area contributed by atoms with Crippen LogP contribution in [0.1, 0.15) is 24.8 Å². The zero-order chi connectivity index (χ0) is 12.5. The van der Waals surface area contributed by atoms with Gasteiger partial charge in [-0.2, -0.15) is 0 Å². The molecule has 1 aromatic heterocycles. The zero-order valence-electron chi connectivity index (χ0n) is 10.5. The Hall–Kier alpha value is -1.81. The first-order chi connectivity index (χ1) is 8.78. The van der Waals surface area contributed by atoms with Crippen LogP contribution in [0.4, 0.5) is 0 Å². The van der Waals surface area contributed by atoms with Gasteiger partial charge >= 0.3 is 0 Å². The van der Waals surface area contributed by atoms with Crippen molar-refractivity contribution in [2.24, 2.45) is 5.73 Å². The summed E-state index contributed by atoms with van der Waals surface area (Å²) >= 11 is 0. The molecule has 4 nitrogen and oxygen atoms in total. The zero-order valence-corrected chi connectivity index (χ0v) is 10.5. The lowest BCUT2D eigenvalue weighted by Crippen LogP contribution is -2.24. The van der Waals surface area contributed by atoms with Crippen molar-refractivity contribution >= 4 is 0 Å². The van der Waals surface area contributed by atoms with Crippen molar-refractivity contribution in [3.8, 4) is 17.0 Å². The quantitative estimate of drug-likeness (QED) is 0.880. The van der Waals surface area contributed by atoms with Crippen LogP contribution in [0.2, 0.25) is 0 Å². The molecule has 1 aliphatic rings. The number of ether oxygens (including phenoxy) is 1. The van der Waals surface area contributed by atoms with E-state index in [4.69, 9.17) is 10.5 Å². The van der Waals surface area contributed by atoms with Gasteiger partial charge < -0.3 is 15.0 Å². The molecule has 4 heteroatoms. The molecule has 1 atom stereocenters. The normalized spacial score (nSPS) is 18.4. The van der Waals surface area contributed by atoms with Crippen molar-refractivity contribution in [1.82, 2.24) is 9.55 Å². The average molecular weight is 243 g/mol. The molecule has 18 heavy (non-hydrogen) atoms. The number of imidazole rings is 1. The Balaban J connectivity index is 1.96. The molecule has 2 heterocycles. The fourth-order valence-electron chi connectivity index (χ4n) is 2.41. The van der Waals surface area contributed by atoms with Crippen molar-refractivity contribution in [2.75, 3.05) is 7.11 Å². The molecule has 1 aliphatic heterocycles. The molecule has 0 radical (unpaired) electrons. The number of benzene rings is 1. The fourth-order valence-corrected chi connectivity index (χ4v) is 2.41. The van der Waals surface area contributed by atoms with Crippen molar-refractivity contribution in [2.45, 2.75) is 25.4 Å². The van der Waals surface area contributed by atoms with E-state index in [-0.39, 0.29) is 6.17 Å². The Bertz CT molecular complexity index is 545. The lowest BCUT2D eigenvalue weighted by atomic mass is 10.1. The van der Waals surface area contributed by atoms with Gasteiger partial charge in [0.1, 0.15) is 11.6 Å². The molecule has 0 saturated heterocycles. The van der Waals surface area contributed by atoms with Gasteiger partial charge in [0.05, 0.1) is 19.0 Å². The molecule has 2 N–H and O–H groups in total. The number of aromatic nitrogens is 2. The topological polar surface area (TPSA) is 53.1 Å². The number of methoxy groups -OCH3 is 1. The molecule has 0 spiro atoms. The van der Waals surface area contributed by atoms with E-state index in [1.165, 1.54) is 0 Å². The van der Waals surface area contributed by atoms with Gasteiger partial charge in [0.15, 0.2) is 0 Å². The number of nitrogens with zero attached hydrogens (tertiary/aromatic N) is 2. The third kappa shape index (κ3) is 1.88. The van der Waals surface area contributed by atoms with Crippen LogP contribution in [-0.4, -0.2) is 16.7 Å². The van der Waals surface area contributed by atoms with Crippen molar-refractivity contribution in [3.63, 3.8) is 0 Å². The summed E-state index contributed by atoms with van der Waals surface area (Å²) in [5.74, 6) is 1.96. The third-order valence-corrected chi connectivity index (χ3v) is 3.45. The highest BCUT2D eigenvalue weighted by Crippen LogP contribution is 2.26. The number of nitrogens with two attached hydrogens (primary N) is 1. The Kier molecular flexibility index (Phi) is 2.80. The molecule has 2 aromatic rings. The molecule has 0 fully saturated rings. The monoisotopic (exact) mass is 243 g/mol. The van der Waals surface area contributed by atoms with Crippen LogP contribution in [0.15, 0.2) is 30.5 Å². The van der Waals surface area contributed by atoms with E-state index >= 15 is 0 Å². The molecule has 1 aromatic carbocycles. The summed E-state index contributed by atoms with van der Waals surface area (Å²) in [5.41, 5.74) is 8.18. The van der Waals surface area contributed by atoms with Gasteiger partial charge in [0.2, 0.25) is 0 Å². The summed E-state index contributed by atoms with van der Waals surface area (Å²) < 4.78 is 7.26. The number of hydrogen-bond donors (Lipinski definition) is 1.